The lowest BCUT2D eigenvalue weighted by Gasteiger charge is -2.33. The van der Waals surface area contributed by atoms with Gasteiger partial charge in [-0.15, -0.1) is 20.3 Å². The SMILES string of the molecule is O=C(CCOCC(COCCC(=O)CCC(=O)NCC(=O)ON1C(=O)CCC1=O)(COCCC(=O)NCC(=O)CCC(=O)ON1C(=O)CCC1=O)COCC(=O)CCC(=O)NCC(=O)ON1C(=O)CCC1=O)CCC(=O)NCC(=O)ON1C(=O)CCC1=O. The summed E-state index contributed by atoms with van der Waals surface area (Å²) in [5, 5.41) is 10.1. The van der Waals surface area contributed by atoms with E-state index in [4.69, 9.17) is 23.8 Å². The molecule has 0 aromatic carbocycles. The molecule has 4 fully saturated rings. The maximum Gasteiger partial charge on any atom is 0.352 e. The molecule has 0 aliphatic carbocycles. The second-order valence-electron chi connectivity index (χ2n) is 19.8. The molecular weight excluding hydrogens is 1180 g/mol. The van der Waals surface area contributed by atoms with Crippen LogP contribution < -0.4 is 21.3 Å². The molecule has 4 N–H and O–H groups in total. The van der Waals surface area contributed by atoms with Crippen LogP contribution in [0.4, 0.5) is 0 Å². The van der Waals surface area contributed by atoms with Gasteiger partial charge in [0.1, 0.15) is 37.8 Å². The third-order valence-electron chi connectivity index (χ3n) is 12.5. The number of hydrogen-bond acceptors (Lipinski definition) is 28. The number of nitrogens with zero attached hydrogens (tertiary/aromatic N) is 4. The molecule has 0 bridgehead atoms. The minimum Gasteiger partial charge on any atom is -0.380 e. The minimum absolute atomic E-state index is 0.140. The molecule has 36 heteroatoms. The fourth-order valence-electron chi connectivity index (χ4n) is 7.69. The van der Waals surface area contributed by atoms with Gasteiger partial charge < -0.3 is 59.6 Å². The number of nitrogens with one attached hydrogen (secondary N) is 4. The highest BCUT2D eigenvalue weighted by molar-refractivity contribution is 6.04. The molecule has 4 aliphatic rings. The van der Waals surface area contributed by atoms with Crippen molar-refractivity contribution in [3.05, 3.63) is 0 Å². The van der Waals surface area contributed by atoms with Crippen LogP contribution >= 0.6 is 0 Å². The van der Waals surface area contributed by atoms with E-state index in [1.165, 1.54) is 0 Å². The Balaban J connectivity index is 1.34. The topological polar surface area (TPSA) is 476 Å². The molecule has 0 aromatic heterocycles. The molecule has 0 spiro atoms. The monoisotopic (exact) mass is 1250 g/mol. The van der Waals surface area contributed by atoms with E-state index in [1.54, 1.807) is 0 Å². The van der Waals surface area contributed by atoms with Gasteiger partial charge in [-0.25, -0.2) is 19.2 Å². The first kappa shape index (κ1) is 71.3. The zero-order valence-corrected chi connectivity index (χ0v) is 47.6. The lowest BCUT2D eigenvalue weighted by Crippen LogP contribution is -2.43. The van der Waals surface area contributed by atoms with Gasteiger partial charge in [0.2, 0.25) is 23.6 Å². The normalized spacial score (nSPS) is 15.0. The summed E-state index contributed by atoms with van der Waals surface area (Å²) in [7, 11) is 0. The average molecular weight is 1250 g/mol. The molecule has 0 atom stereocenters. The zero-order chi connectivity index (χ0) is 64.8. The third kappa shape index (κ3) is 26.2. The Labute approximate surface area is 499 Å². The van der Waals surface area contributed by atoms with Crippen LogP contribution in [0.3, 0.4) is 0 Å². The molecule has 4 rings (SSSR count). The summed E-state index contributed by atoms with van der Waals surface area (Å²) >= 11 is 0. The Morgan fingerprint density at radius 2 is 0.568 bits per heavy atom. The standard InChI is InChI=1S/C52H66N8O28/c61-32(1-5-36(65)54-24-49(78)86-58-42(71)10-11-43(58)72)17-20-81-28-52(31-84-27-35(64)3-7-38(67)56-26-51(80)88-60-46(75)14-15-47(60)76,29-82-21-18-33(62)2-6-37(66)55-25-50(79)87-59-44(73)12-13-45(59)74)30-83-22-19-39(68)53-23-34(63)4-16-48(77)85-57-40(69)8-9-41(57)70/h1-31H2,(H,53,68)(H,54,65)(H,55,66)(H,56,67). The number of carbonyl (C=O) groups is 20. The zero-order valence-electron chi connectivity index (χ0n) is 47.6. The molecule has 36 nitrogen and oxygen atoms in total. The van der Waals surface area contributed by atoms with E-state index < -0.39 is 221 Å². The summed E-state index contributed by atoms with van der Waals surface area (Å²) in [6.45, 7) is -6.02. The number of ketones is 4. The van der Waals surface area contributed by atoms with Crippen LogP contribution in [0.1, 0.15) is 122 Å². The van der Waals surface area contributed by atoms with Gasteiger partial charge in [-0.3, -0.25) is 76.7 Å². The number of hydroxylamine groups is 8. The van der Waals surface area contributed by atoms with Crippen molar-refractivity contribution < 1.29 is 134 Å². The van der Waals surface area contributed by atoms with E-state index in [0.29, 0.717) is 15.2 Å². The third-order valence-corrected chi connectivity index (χ3v) is 12.5. The van der Waals surface area contributed by atoms with Crippen LogP contribution in [-0.4, -0.2) is 217 Å². The van der Waals surface area contributed by atoms with E-state index in [9.17, 15) is 95.9 Å². The van der Waals surface area contributed by atoms with Gasteiger partial charge in [-0.1, -0.05) is 0 Å². The van der Waals surface area contributed by atoms with Crippen molar-refractivity contribution >= 4 is 118 Å². The smallest absolute Gasteiger partial charge is 0.352 e. The fourth-order valence-corrected chi connectivity index (χ4v) is 7.69. The number of hydrogen-bond donors (Lipinski definition) is 4. The van der Waals surface area contributed by atoms with Gasteiger partial charge in [-0.05, 0) is 0 Å². The first-order valence-corrected chi connectivity index (χ1v) is 27.5. The number of amides is 12. The van der Waals surface area contributed by atoms with Crippen molar-refractivity contribution in [2.45, 2.75) is 122 Å². The molecule has 4 aliphatic heterocycles. The predicted octanol–water partition coefficient (Wildman–Crippen LogP) is -4.50. The fraction of sp³-hybridized carbons (Fsp3) is 0.615. The van der Waals surface area contributed by atoms with Crippen molar-refractivity contribution in [3.8, 4) is 0 Å². The largest absolute Gasteiger partial charge is 0.380 e. The Hall–Kier alpha value is -9.16. The highest BCUT2D eigenvalue weighted by atomic mass is 16.7. The van der Waals surface area contributed by atoms with Gasteiger partial charge in [0.05, 0.1) is 64.6 Å². The molecule has 12 amide bonds. The second kappa shape index (κ2) is 36.7. The van der Waals surface area contributed by atoms with Crippen LogP contribution in [0.5, 0.6) is 0 Å². The van der Waals surface area contributed by atoms with Gasteiger partial charge >= 0.3 is 23.9 Å². The average Bonchev–Trinajstić information content (AvgIpc) is 4.24. The number of ether oxygens (including phenoxy) is 4. The minimum atomic E-state index is -1.47. The molecule has 0 radical (unpaired) electrons. The van der Waals surface area contributed by atoms with Gasteiger partial charge in [0, 0.05) is 116 Å². The molecule has 88 heavy (non-hydrogen) atoms. The van der Waals surface area contributed by atoms with Crippen molar-refractivity contribution in [1.29, 1.82) is 0 Å². The molecular formula is C52H66N8O28. The number of rotatable bonds is 43. The second-order valence-corrected chi connectivity index (χ2v) is 19.8. The maximum absolute atomic E-state index is 13.0. The van der Waals surface area contributed by atoms with Crippen LogP contribution in [-0.2, 0) is 134 Å². The summed E-state index contributed by atoms with van der Waals surface area (Å²) < 4.78 is 23.4. The Morgan fingerprint density at radius 3 is 0.920 bits per heavy atom. The van der Waals surface area contributed by atoms with Gasteiger partial charge in [0.15, 0.2) is 11.6 Å². The summed E-state index contributed by atoms with van der Waals surface area (Å²) in [5.41, 5.74) is -1.47. The van der Waals surface area contributed by atoms with Crippen molar-refractivity contribution in [2.75, 3.05) is 79.0 Å². The first-order valence-electron chi connectivity index (χ1n) is 27.5. The number of carbonyl (C=O) groups excluding carboxylic acids is 20. The first-order chi connectivity index (χ1) is 41.8. The van der Waals surface area contributed by atoms with Gasteiger partial charge in [0.25, 0.3) is 47.3 Å². The van der Waals surface area contributed by atoms with E-state index >= 15 is 0 Å². The van der Waals surface area contributed by atoms with Crippen LogP contribution in [0.15, 0.2) is 0 Å². The van der Waals surface area contributed by atoms with Crippen molar-refractivity contribution in [3.63, 3.8) is 0 Å². The van der Waals surface area contributed by atoms with Crippen LogP contribution in [0.2, 0.25) is 0 Å². The molecule has 0 unspecified atom stereocenters. The highest BCUT2D eigenvalue weighted by Crippen LogP contribution is 2.23. The quantitative estimate of drug-likeness (QED) is 0.0330. The lowest BCUT2D eigenvalue weighted by molar-refractivity contribution is -0.197. The highest BCUT2D eigenvalue weighted by Gasteiger charge is 2.37. The van der Waals surface area contributed by atoms with Crippen LogP contribution in [0, 0.1) is 5.41 Å². The molecule has 0 aromatic rings. The summed E-state index contributed by atoms with van der Waals surface area (Å²) in [5.74, 6) is -15.5. The summed E-state index contributed by atoms with van der Waals surface area (Å²) in [6, 6.07) is 0. The van der Waals surface area contributed by atoms with E-state index in [1.807, 2.05) is 0 Å². The predicted molar refractivity (Wildman–Crippen MR) is 277 cm³/mol. The molecule has 482 valence electrons. The van der Waals surface area contributed by atoms with Crippen molar-refractivity contribution in [1.82, 2.24) is 41.5 Å². The Morgan fingerprint density at radius 1 is 0.295 bits per heavy atom. The maximum atomic E-state index is 13.0. The molecule has 4 heterocycles. The van der Waals surface area contributed by atoms with Crippen LogP contribution in [0.25, 0.3) is 0 Å². The Kier molecular flexibility index (Phi) is 29.8. The van der Waals surface area contributed by atoms with E-state index in [-0.39, 0.29) is 108 Å². The van der Waals surface area contributed by atoms with Crippen molar-refractivity contribution in [2.24, 2.45) is 5.41 Å². The molecule has 4 saturated heterocycles. The van der Waals surface area contributed by atoms with E-state index in [0.717, 1.165) is 0 Å². The van der Waals surface area contributed by atoms with E-state index in [2.05, 4.69) is 35.8 Å². The summed E-state index contributed by atoms with van der Waals surface area (Å²) in [6.07, 6.45) is -5.48. The molecule has 0 saturated carbocycles. The lowest BCUT2D eigenvalue weighted by atomic mass is 9.92. The summed E-state index contributed by atoms with van der Waals surface area (Å²) in [4.78, 5) is 262. The number of imide groups is 4. The Bertz CT molecular complexity index is 2470. The van der Waals surface area contributed by atoms with Gasteiger partial charge in [-0.2, -0.15) is 0 Å². The number of Topliss-reactive ketones (excluding diaryl/α,β-unsaturated/α-hetero) is 4.